The topological polar surface area (TPSA) is 111 Å². The van der Waals surface area contributed by atoms with Crippen LogP contribution in [0.5, 0.6) is 11.5 Å². The minimum atomic E-state index is -0.600. The number of primary amides is 1. The lowest BCUT2D eigenvalue weighted by atomic mass is 10.3. The molecular formula is C18H23IN4O4. The van der Waals surface area contributed by atoms with Crippen molar-refractivity contribution in [2.45, 2.75) is 19.9 Å². The molecule has 0 unspecified atom stereocenters. The quantitative estimate of drug-likeness (QED) is 0.341. The Morgan fingerprint density at radius 3 is 2.67 bits per heavy atom. The number of nitrogens with zero attached hydrogens (tertiary/aromatic N) is 1. The molecule has 0 atom stereocenters. The Morgan fingerprint density at radius 2 is 1.96 bits per heavy atom. The van der Waals surface area contributed by atoms with Crippen molar-refractivity contribution in [1.82, 2.24) is 5.32 Å². The van der Waals surface area contributed by atoms with Gasteiger partial charge in [0.05, 0.1) is 13.2 Å². The largest absolute Gasteiger partial charge is 0.490 e. The third-order valence-corrected chi connectivity index (χ3v) is 3.65. The van der Waals surface area contributed by atoms with E-state index in [2.05, 4.69) is 15.6 Å². The fourth-order valence-corrected chi connectivity index (χ4v) is 2.44. The molecule has 0 radical (unpaired) electrons. The number of fused-ring (bicyclic) bond motifs is 1. The number of nitrogens with two attached hydrogens (primary N) is 1. The smallest absolute Gasteiger partial charge is 0.284 e. The number of carbonyl (C=O) groups is 1. The van der Waals surface area contributed by atoms with Crippen LogP contribution >= 0.6 is 24.0 Å². The average molecular weight is 486 g/mol. The highest BCUT2D eigenvalue weighted by molar-refractivity contribution is 14.0. The van der Waals surface area contributed by atoms with Gasteiger partial charge >= 0.3 is 0 Å². The Hall–Kier alpha value is -2.43. The predicted molar refractivity (Wildman–Crippen MR) is 113 cm³/mol. The van der Waals surface area contributed by atoms with Crippen molar-refractivity contribution >= 4 is 41.5 Å². The van der Waals surface area contributed by atoms with Crippen molar-refractivity contribution in [3.63, 3.8) is 0 Å². The van der Waals surface area contributed by atoms with Gasteiger partial charge in [-0.15, -0.1) is 24.0 Å². The summed E-state index contributed by atoms with van der Waals surface area (Å²) in [5.41, 5.74) is 6.01. The van der Waals surface area contributed by atoms with Crippen LogP contribution in [0, 0.1) is 0 Å². The van der Waals surface area contributed by atoms with Gasteiger partial charge in [0.25, 0.3) is 5.91 Å². The maximum Gasteiger partial charge on any atom is 0.284 e. The van der Waals surface area contributed by atoms with Gasteiger partial charge in [-0.1, -0.05) is 0 Å². The lowest BCUT2D eigenvalue weighted by Crippen LogP contribution is -2.30. The number of carbonyl (C=O) groups excluding carboxylic acids is 1. The second-order valence-electron chi connectivity index (χ2n) is 5.66. The maximum absolute atomic E-state index is 11.1. The summed E-state index contributed by atoms with van der Waals surface area (Å²) in [5.74, 6) is 2.10. The summed E-state index contributed by atoms with van der Waals surface area (Å²) in [7, 11) is 0. The van der Waals surface area contributed by atoms with Gasteiger partial charge in [0.2, 0.25) is 0 Å². The van der Waals surface area contributed by atoms with E-state index in [-0.39, 0.29) is 36.3 Å². The number of hydrogen-bond donors (Lipinski definition) is 3. The Morgan fingerprint density at radius 1 is 1.19 bits per heavy atom. The highest BCUT2D eigenvalue weighted by atomic mass is 127. The van der Waals surface area contributed by atoms with E-state index in [1.807, 2.05) is 25.1 Å². The Bertz CT molecular complexity index is 806. The number of guanidine groups is 1. The molecule has 4 N–H and O–H groups in total. The Labute approximate surface area is 174 Å². The molecule has 0 bridgehead atoms. The summed E-state index contributed by atoms with van der Waals surface area (Å²) in [5, 5.41) is 6.38. The number of hydrogen-bond acceptors (Lipinski definition) is 5. The van der Waals surface area contributed by atoms with Gasteiger partial charge in [0.1, 0.15) is 12.3 Å². The molecule has 1 amide bonds. The van der Waals surface area contributed by atoms with E-state index in [0.29, 0.717) is 37.2 Å². The van der Waals surface area contributed by atoms with Crippen LogP contribution < -0.4 is 25.8 Å². The van der Waals surface area contributed by atoms with E-state index in [4.69, 9.17) is 19.6 Å². The Balaban J connectivity index is 0.00000261. The van der Waals surface area contributed by atoms with Crippen molar-refractivity contribution in [2.24, 2.45) is 10.7 Å². The molecule has 0 spiro atoms. The third-order valence-electron chi connectivity index (χ3n) is 3.65. The summed E-state index contributed by atoms with van der Waals surface area (Å²) >= 11 is 0. The lowest BCUT2D eigenvalue weighted by Gasteiger charge is -2.13. The third kappa shape index (κ3) is 5.78. The summed E-state index contributed by atoms with van der Waals surface area (Å²) in [6.45, 7) is 4.23. The Kier molecular flexibility index (Phi) is 7.77. The van der Waals surface area contributed by atoms with Gasteiger partial charge < -0.3 is 30.3 Å². The van der Waals surface area contributed by atoms with Gasteiger partial charge in [0.15, 0.2) is 23.2 Å². The molecule has 1 aliphatic rings. The number of furan rings is 1. The number of nitrogens with one attached hydrogen (secondary N) is 2. The van der Waals surface area contributed by atoms with Crippen LogP contribution in [0.3, 0.4) is 0 Å². The number of ether oxygens (including phenoxy) is 2. The number of aliphatic imine (C=N–C) groups is 1. The van der Waals surface area contributed by atoms with Crippen molar-refractivity contribution in [3.05, 3.63) is 41.9 Å². The van der Waals surface area contributed by atoms with E-state index in [9.17, 15) is 4.79 Å². The number of rotatable bonds is 5. The first-order valence-corrected chi connectivity index (χ1v) is 8.49. The van der Waals surface area contributed by atoms with Crippen LogP contribution in [-0.4, -0.2) is 31.6 Å². The predicted octanol–water partition coefficient (Wildman–Crippen LogP) is 2.74. The first-order valence-electron chi connectivity index (χ1n) is 8.49. The molecule has 3 rings (SSSR count). The fraction of sp³-hybridized carbons (Fsp3) is 0.333. The molecule has 9 heteroatoms. The average Bonchev–Trinajstić information content (AvgIpc) is 2.98. The van der Waals surface area contributed by atoms with E-state index in [0.717, 1.165) is 17.9 Å². The first-order chi connectivity index (χ1) is 12.7. The molecule has 8 nitrogen and oxygen atoms in total. The summed E-state index contributed by atoms with van der Waals surface area (Å²) < 4.78 is 16.7. The first kappa shape index (κ1) is 20.9. The number of benzene rings is 1. The highest BCUT2D eigenvalue weighted by Gasteiger charge is 2.12. The van der Waals surface area contributed by atoms with Crippen molar-refractivity contribution in [2.75, 3.05) is 25.1 Å². The van der Waals surface area contributed by atoms with Crippen LogP contribution in [0.25, 0.3) is 0 Å². The van der Waals surface area contributed by atoms with Crippen LogP contribution in [0.1, 0.15) is 29.7 Å². The molecular weight excluding hydrogens is 463 g/mol. The number of amides is 1. The molecule has 2 aromatic rings. The minimum Gasteiger partial charge on any atom is -0.490 e. The van der Waals surface area contributed by atoms with Gasteiger partial charge in [-0.25, -0.2) is 4.99 Å². The molecule has 0 fully saturated rings. The number of halogens is 1. The molecule has 1 aliphatic heterocycles. The van der Waals surface area contributed by atoms with E-state index >= 15 is 0 Å². The molecule has 0 aliphatic carbocycles. The van der Waals surface area contributed by atoms with Crippen molar-refractivity contribution in [3.8, 4) is 11.5 Å². The molecule has 1 aromatic heterocycles. The second kappa shape index (κ2) is 10.0. The van der Waals surface area contributed by atoms with Crippen molar-refractivity contribution in [1.29, 1.82) is 0 Å². The SMILES string of the molecule is CCNC(=NCc1ccc(C(N)=O)o1)Nc1ccc2c(c1)OCCCO2.I. The van der Waals surface area contributed by atoms with Crippen LogP contribution in [0.15, 0.2) is 39.7 Å². The molecule has 0 saturated heterocycles. The molecule has 0 saturated carbocycles. The standard InChI is InChI=1S/C18H22N4O4.HI/c1-2-20-18(21-11-13-5-7-15(26-13)17(19)23)22-12-4-6-14-16(10-12)25-9-3-8-24-14;/h4-7,10H,2-3,8-9,11H2,1H3,(H2,19,23)(H2,20,21,22);1H. The molecule has 1 aromatic carbocycles. The van der Waals surface area contributed by atoms with Gasteiger partial charge in [-0.2, -0.15) is 0 Å². The zero-order valence-electron chi connectivity index (χ0n) is 15.0. The fourth-order valence-electron chi connectivity index (χ4n) is 2.44. The highest BCUT2D eigenvalue weighted by Crippen LogP contribution is 2.32. The second-order valence-corrected chi connectivity index (χ2v) is 5.66. The monoisotopic (exact) mass is 486 g/mol. The minimum absolute atomic E-state index is 0. The van der Waals surface area contributed by atoms with Gasteiger partial charge in [0, 0.05) is 24.7 Å². The van der Waals surface area contributed by atoms with Gasteiger partial charge in [-0.3, -0.25) is 4.79 Å². The molecule has 146 valence electrons. The normalized spacial score (nSPS) is 13.3. The lowest BCUT2D eigenvalue weighted by molar-refractivity contribution is 0.0972. The summed E-state index contributed by atoms with van der Waals surface area (Å²) in [4.78, 5) is 15.5. The van der Waals surface area contributed by atoms with Crippen LogP contribution in [0.2, 0.25) is 0 Å². The van der Waals surface area contributed by atoms with E-state index in [1.165, 1.54) is 6.07 Å². The zero-order valence-corrected chi connectivity index (χ0v) is 17.3. The van der Waals surface area contributed by atoms with Crippen molar-refractivity contribution < 1.29 is 18.7 Å². The van der Waals surface area contributed by atoms with Crippen LogP contribution in [-0.2, 0) is 6.54 Å². The maximum atomic E-state index is 11.1. The van der Waals surface area contributed by atoms with Gasteiger partial charge in [-0.05, 0) is 31.2 Å². The molecule has 27 heavy (non-hydrogen) atoms. The number of anilines is 1. The summed E-state index contributed by atoms with van der Waals surface area (Å²) in [6.07, 6.45) is 0.859. The molecule has 2 heterocycles. The zero-order chi connectivity index (χ0) is 18.4. The van der Waals surface area contributed by atoms with E-state index in [1.54, 1.807) is 6.07 Å². The van der Waals surface area contributed by atoms with Crippen LogP contribution in [0.4, 0.5) is 5.69 Å². The van der Waals surface area contributed by atoms with E-state index < -0.39 is 5.91 Å². The summed E-state index contributed by atoms with van der Waals surface area (Å²) in [6, 6.07) is 8.88.